The first-order valence-electron chi connectivity index (χ1n) is 7.39. The van der Waals surface area contributed by atoms with Crippen LogP contribution in [0, 0.1) is 6.92 Å². The van der Waals surface area contributed by atoms with Crippen LogP contribution in [0.5, 0.6) is 5.75 Å². The maximum Gasteiger partial charge on any atom is 0.272 e. The van der Waals surface area contributed by atoms with Crippen molar-refractivity contribution >= 4 is 32.5 Å². The van der Waals surface area contributed by atoms with E-state index in [-0.39, 0.29) is 10.8 Å². The Bertz CT molecular complexity index is 1070. The second-order valence-corrected chi connectivity index (χ2v) is 7.15. The number of hydrogen-bond donors (Lipinski definition) is 3. The van der Waals surface area contributed by atoms with Crippen LogP contribution in [-0.4, -0.2) is 26.4 Å². The third-order valence-electron chi connectivity index (χ3n) is 3.83. The number of aromatic amines is 1. The summed E-state index contributed by atoms with van der Waals surface area (Å²) in [6.07, 6.45) is 0. The van der Waals surface area contributed by atoms with E-state index in [0.717, 1.165) is 10.9 Å². The van der Waals surface area contributed by atoms with Gasteiger partial charge in [-0.05, 0) is 42.8 Å². The largest absolute Gasteiger partial charge is 0.497 e. The van der Waals surface area contributed by atoms with Crippen LogP contribution in [0.15, 0.2) is 47.4 Å². The Morgan fingerprint density at radius 3 is 2.60 bits per heavy atom. The van der Waals surface area contributed by atoms with E-state index in [4.69, 9.17) is 9.88 Å². The minimum atomic E-state index is -3.86. The molecule has 130 valence electrons. The van der Waals surface area contributed by atoms with E-state index in [0.29, 0.717) is 22.7 Å². The van der Waals surface area contributed by atoms with E-state index in [1.807, 2.05) is 6.07 Å². The molecule has 0 aliphatic heterocycles. The van der Waals surface area contributed by atoms with E-state index in [1.54, 1.807) is 44.4 Å². The fourth-order valence-electron chi connectivity index (χ4n) is 2.54. The molecule has 8 heteroatoms. The van der Waals surface area contributed by atoms with Gasteiger partial charge in [0.05, 0.1) is 12.0 Å². The Balaban J connectivity index is 1.90. The number of H-pyrrole nitrogens is 1. The van der Waals surface area contributed by atoms with Gasteiger partial charge >= 0.3 is 0 Å². The molecule has 0 atom stereocenters. The molecule has 0 radical (unpaired) electrons. The summed E-state index contributed by atoms with van der Waals surface area (Å²) in [6.45, 7) is 1.64. The van der Waals surface area contributed by atoms with Crippen molar-refractivity contribution in [3.05, 3.63) is 53.7 Å². The highest BCUT2D eigenvalue weighted by Gasteiger charge is 2.15. The minimum Gasteiger partial charge on any atom is -0.497 e. The second-order valence-electron chi connectivity index (χ2n) is 5.62. The molecule has 0 unspecified atom stereocenters. The van der Waals surface area contributed by atoms with Gasteiger partial charge in [0.1, 0.15) is 11.4 Å². The number of primary sulfonamides is 1. The molecule has 0 saturated heterocycles. The smallest absolute Gasteiger partial charge is 0.272 e. The summed E-state index contributed by atoms with van der Waals surface area (Å²) in [7, 11) is -2.29. The zero-order valence-electron chi connectivity index (χ0n) is 13.7. The minimum absolute atomic E-state index is 0.0216. The van der Waals surface area contributed by atoms with Gasteiger partial charge in [0.25, 0.3) is 5.91 Å². The zero-order chi connectivity index (χ0) is 18.2. The number of aromatic nitrogens is 1. The molecule has 0 aliphatic rings. The van der Waals surface area contributed by atoms with Crippen LogP contribution in [-0.2, 0) is 10.0 Å². The third kappa shape index (κ3) is 3.49. The quantitative estimate of drug-likeness (QED) is 0.663. The first kappa shape index (κ1) is 17.0. The molecule has 4 N–H and O–H groups in total. The van der Waals surface area contributed by atoms with Gasteiger partial charge in [0.2, 0.25) is 10.0 Å². The van der Waals surface area contributed by atoms with Gasteiger partial charge in [0, 0.05) is 22.7 Å². The van der Waals surface area contributed by atoms with Crippen LogP contribution in [0.2, 0.25) is 0 Å². The number of sulfonamides is 1. The van der Waals surface area contributed by atoms with Crippen LogP contribution < -0.4 is 15.2 Å². The highest BCUT2D eigenvalue weighted by Crippen LogP contribution is 2.23. The summed E-state index contributed by atoms with van der Waals surface area (Å²) in [5.74, 6) is 0.289. The van der Waals surface area contributed by atoms with Gasteiger partial charge in [0.15, 0.2) is 0 Å². The number of ether oxygens (including phenoxy) is 1. The fourth-order valence-corrected chi connectivity index (χ4v) is 3.35. The number of benzene rings is 2. The zero-order valence-corrected chi connectivity index (χ0v) is 14.5. The molecule has 0 fully saturated rings. The molecule has 1 heterocycles. The average Bonchev–Trinajstić information content (AvgIpc) is 2.98. The van der Waals surface area contributed by atoms with Crippen LogP contribution in [0.25, 0.3) is 10.9 Å². The van der Waals surface area contributed by atoms with Gasteiger partial charge in [-0.1, -0.05) is 6.07 Å². The monoisotopic (exact) mass is 359 g/mol. The molecule has 0 saturated carbocycles. The summed E-state index contributed by atoms with van der Waals surface area (Å²) in [5, 5.41) is 8.72. The number of hydrogen-bond acceptors (Lipinski definition) is 4. The average molecular weight is 359 g/mol. The van der Waals surface area contributed by atoms with Gasteiger partial charge < -0.3 is 15.0 Å². The molecule has 3 rings (SSSR count). The number of aryl methyl sites for hydroxylation is 1. The van der Waals surface area contributed by atoms with Crippen LogP contribution in [0.4, 0.5) is 5.69 Å². The van der Waals surface area contributed by atoms with Gasteiger partial charge in [-0.2, -0.15) is 0 Å². The maximum atomic E-state index is 12.4. The topological polar surface area (TPSA) is 114 Å². The second kappa shape index (κ2) is 6.23. The van der Waals surface area contributed by atoms with Crippen molar-refractivity contribution in [2.45, 2.75) is 11.8 Å². The Morgan fingerprint density at radius 2 is 1.92 bits per heavy atom. The van der Waals surface area contributed by atoms with Crippen molar-refractivity contribution in [3.8, 4) is 5.75 Å². The lowest BCUT2D eigenvalue weighted by atomic mass is 10.2. The number of amides is 1. The van der Waals surface area contributed by atoms with E-state index >= 15 is 0 Å². The highest BCUT2D eigenvalue weighted by molar-refractivity contribution is 7.89. The van der Waals surface area contributed by atoms with Gasteiger partial charge in [-0.25, -0.2) is 13.6 Å². The van der Waals surface area contributed by atoms with Crippen molar-refractivity contribution in [2.24, 2.45) is 5.14 Å². The molecule has 0 aliphatic carbocycles. The number of anilines is 1. The highest BCUT2D eigenvalue weighted by atomic mass is 32.2. The van der Waals surface area contributed by atoms with Crippen molar-refractivity contribution in [2.75, 3.05) is 12.4 Å². The van der Waals surface area contributed by atoms with Crippen LogP contribution in [0.1, 0.15) is 16.1 Å². The fraction of sp³-hybridized carbons (Fsp3) is 0.118. The van der Waals surface area contributed by atoms with E-state index in [1.165, 1.54) is 6.07 Å². The lowest BCUT2D eigenvalue weighted by Crippen LogP contribution is -2.16. The molecule has 0 bridgehead atoms. The molecule has 2 aromatic carbocycles. The molecular formula is C17H17N3O4S. The Morgan fingerprint density at radius 1 is 1.16 bits per heavy atom. The van der Waals surface area contributed by atoms with Crippen LogP contribution in [0.3, 0.4) is 0 Å². The maximum absolute atomic E-state index is 12.4. The number of rotatable bonds is 4. The first-order chi connectivity index (χ1) is 11.8. The Hall–Kier alpha value is -2.84. The summed E-state index contributed by atoms with van der Waals surface area (Å²) in [5.41, 5.74) is 1.97. The van der Waals surface area contributed by atoms with Gasteiger partial charge in [-0.15, -0.1) is 0 Å². The van der Waals surface area contributed by atoms with Gasteiger partial charge in [-0.3, -0.25) is 4.79 Å². The lowest BCUT2D eigenvalue weighted by molar-refractivity contribution is 0.102. The first-order valence-corrected chi connectivity index (χ1v) is 8.94. The summed E-state index contributed by atoms with van der Waals surface area (Å²) in [6, 6.07) is 11.7. The number of methoxy groups -OCH3 is 1. The van der Waals surface area contributed by atoms with Crippen molar-refractivity contribution in [1.29, 1.82) is 0 Å². The van der Waals surface area contributed by atoms with Crippen LogP contribution >= 0.6 is 0 Å². The molecule has 1 amide bonds. The van der Waals surface area contributed by atoms with E-state index < -0.39 is 10.0 Å². The third-order valence-corrected chi connectivity index (χ3v) is 4.88. The number of fused-ring (bicyclic) bond motifs is 1. The lowest BCUT2D eigenvalue weighted by Gasteiger charge is -2.08. The summed E-state index contributed by atoms with van der Waals surface area (Å²) < 4.78 is 28.3. The summed E-state index contributed by atoms with van der Waals surface area (Å²) >= 11 is 0. The summed E-state index contributed by atoms with van der Waals surface area (Å²) in [4.78, 5) is 15.4. The standard InChI is InChI=1S/C17H17N3O4S/c1-10-3-5-12(8-16(10)25(18,22)23)19-17(21)15-7-11-4-6-13(24-2)9-14(11)20-15/h3-9,20H,1-2H3,(H,19,21)(H2,18,22,23). The normalized spacial score (nSPS) is 11.5. The Labute approximate surface area is 144 Å². The van der Waals surface area contributed by atoms with Crippen molar-refractivity contribution in [1.82, 2.24) is 4.98 Å². The van der Waals surface area contributed by atoms with E-state index in [2.05, 4.69) is 10.3 Å². The predicted molar refractivity (Wildman–Crippen MR) is 95.4 cm³/mol. The molecular weight excluding hydrogens is 342 g/mol. The number of carbonyl (C=O) groups excluding carboxylic acids is 1. The van der Waals surface area contributed by atoms with Crippen molar-refractivity contribution < 1.29 is 17.9 Å². The number of nitrogens with one attached hydrogen (secondary N) is 2. The predicted octanol–water partition coefficient (Wildman–Crippen LogP) is 2.38. The molecule has 1 aromatic heterocycles. The number of nitrogens with two attached hydrogens (primary N) is 1. The Kier molecular flexibility index (Phi) is 4.23. The van der Waals surface area contributed by atoms with Crippen molar-refractivity contribution in [3.63, 3.8) is 0 Å². The SMILES string of the molecule is COc1ccc2cc(C(=O)Nc3ccc(C)c(S(N)(=O)=O)c3)[nH]c2c1. The number of carbonyl (C=O) groups is 1. The molecule has 7 nitrogen and oxygen atoms in total. The molecule has 25 heavy (non-hydrogen) atoms. The molecule has 3 aromatic rings. The van der Waals surface area contributed by atoms with E-state index in [9.17, 15) is 13.2 Å². The molecule has 0 spiro atoms.